The first-order valence-corrected chi connectivity index (χ1v) is 5.63. The van der Waals surface area contributed by atoms with Crippen molar-refractivity contribution in [2.75, 3.05) is 14.1 Å². The zero-order chi connectivity index (χ0) is 12.5. The van der Waals surface area contributed by atoms with E-state index in [0.29, 0.717) is 17.3 Å². The minimum Gasteiger partial charge on any atom is -0.297 e. The van der Waals surface area contributed by atoms with Gasteiger partial charge in [0.05, 0.1) is 16.8 Å². The van der Waals surface area contributed by atoms with Crippen molar-refractivity contribution in [3.63, 3.8) is 0 Å². The van der Waals surface area contributed by atoms with Gasteiger partial charge in [0.2, 0.25) is 5.78 Å². The Balaban J connectivity index is 3.19. The highest BCUT2D eigenvalue weighted by atomic mass is 35.5. The molecule has 0 bridgehead atoms. The van der Waals surface area contributed by atoms with Gasteiger partial charge in [-0.05, 0) is 34.9 Å². The number of aromatic nitrogens is 2. The van der Waals surface area contributed by atoms with Crippen LogP contribution in [0, 0.1) is 0 Å². The lowest BCUT2D eigenvalue weighted by molar-refractivity contribution is 0.0744. The van der Waals surface area contributed by atoms with Crippen molar-refractivity contribution in [3.8, 4) is 0 Å². The van der Waals surface area contributed by atoms with Crippen molar-refractivity contribution in [2.24, 2.45) is 0 Å². The normalized spacial score (nSPS) is 12.2. The fourth-order valence-electron chi connectivity index (χ4n) is 1.32. The summed E-state index contributed by atoms with van der Waals surface area (Å²) in [6.07, 6.45) is 1.52. The first-order valence-electron chi connectivity index (χ1n) is 5.25. The van der Waals surface area contributed by atoms with Gasteiger partial charge in [0.1, 0.15) is 5.69 Å². The van der Waals surface area contributed by atoms with Crippen molar-refractivity contribution >= 4 is 17.4 Å². The predicted molar refractivity (Wildman–Crippen MR) is 65.0 cm³/mol. The Hall–Kier alpha value is -0.870. The number of Topliss-reactive ketones (excluding diaryl/α,β-unsaturated/α-hetero) is 1. The summed E-state index contributed by atoms with van der Waals surface area (Å²) in [6, 6.07) is 0. The van der Waals surface area contributed by atoms with E-state index in [4.69, 9.17) is 11.6 Å². The van der Waals surface area contributed by atoms with Crippen LogP contribution >= 0.6 is 11.6 Å². The molecule has 0 radical (unpaired) electrons. The molecule has 0 aliphatic carbocycles. The summed E-state index contributed by atoms with van der Waals surface area (Å²) in [5, 5.41) is 4.49. The third kappa shape index (κ3) is 2.13. The van der Waals surface area contributed by atoms with Crippen molar-refractivity contribution in [2.45, 2.75) is 32.9 Å². The van der Waals surface area contributed by atoms with Gasteiger partial charge in [-0.2, -0.15) is 5.10 Å². The average molecular weight is 244 g/mol. The van der Waals surface area contributed by atoms with E-state index < -0.39 is 5.54 Å². The lowest BCUT2D eigenvalue weighted by Crippen LogP contribution is -2.46. The van der Waals surface area contributed by atoms with Crippen LogP contribution in [-0.4, -0.2) is 40.1 Å². The minimum atomic E-state index is -0.587. The van der Waals surface area contributed by atoms with Crippen molar-refractivity contribution < 1.29 is 4.79 Å². The molecule has 0 aliphatic heterocycles. The smallest absolute Gasteiger partial charge is 0.201 e. The van der Waals surface area contributed by atoms with Crippen LogP contribution in [0.1, 0.15) is 31.3 Å². The van der Waals surface area contributed by atoms with Gasteiger partial charge in [-0.15, -0.1) is 0 Å². The van der Waals surface area contributed by atoms with E-state index in [1.54, 1.807) is 4.68 Å². The fourth-order valence-corrected chi connectivity index (χ4v) is 1.55. The number of hydrogen-bond donors (Lipinski definition) is 0. The Bertz CT molecular complexity index is 396. The highest BCUT2D eigenvalue weighted by molar-refractivity contribution is 6.34. The Morgan fingerprint density at radius 2 is 2.12 bits per heavy atom. The van der Waals surface area contributed by atoms with Gasteiger partial charge in [-0.3, -0.25) is 14.4 Å². The first-order chi connectivity index (χ1) is 7.32. The SMILES string of the molecule is CCn1ncc(Cl)c1C(=O)C(C)(C)N(C)C. The molecular formula is C11H18ClN3O. The molecule has 0 aliphatic rings. The zero-order valence-electron chi connectivity index (χ0n) is 10.4. The van der Waals surface area contributed by atoms with Crippen LogP contribution in [0.15, 0.2) is 6.20 Å². The molecule has 0 saturated carbocycles. The number of likely N-dealkylation sites (N-methyl/N-ethyl adjacent to an activating group) is 1. The van der Waals surface area contributed by atoms with E-state index in [1.165, 1.54) is 6.20 Å². The number of aryl methyl sites for hydroxylation is 1. The molecular weight excluding hydrogens is 226 g/mol. The molecule has 4 nitrogen and oxygen atoms in total. The molecule has 1 aromatic rings. The summed E-state index contributed by atoms with van der Waals surface area (Å²) in [5.41, 5.74) is -0.0979. The van der Waals surface area contributed by atoms with E-state index in [-0.39, 0.29) is 5.78 Å². The largest absolute Gasteiger partial charge is 0.297 e. The van der Waals surface area contributed by atoms with Crippen LogP contribution in [0.5, 0.6) is 0 Å². The van der Waals surface area contributed by atoms with Crippen LogP contribution in [0.2, 0.25) is 5.02 Å². The summed E-state index contributed by atoms with van der Waals surface area (Å²) in [7, 11) is 3.75. The number of hydrogen-bond acceptors (Lipinski definition) is 3. The number of rotatable bonds is 4. The molecule has 1 rings (SSSR count). The van der Waals surface area contributed by atoms with Gasteiger partial charge in [0.25, 0.3) is 0 Å². The third-order valence-corrected chi connectivity index (χ3v) is 3.26. The molecule has 0 N–H and O–H groups in total. The molecule has 5 heteroatoms. The predicted octanol–water partition coefficient (Wildman–Crippen LogP) is 2.08. The average Bonchev–Trinajstić information content (AvgIpc) is 2.57. The molecule has 0 aromatic carbocycles. The molecule has 0 atom stereocenters. The summed E-state index contributed by atoms with van der Waals surface area (Å²) < 4.78 is 1.63. The monoisotopic (exact) mass is 243 g/mol. The second-order valence-corrected chi connectivity index (χ2v) is 4.85. The maximum atomic E-state index is 12.4. The Morgan fingerprint density at radius 1 is 1.56 bits per heavy atom. The number of ketones is 1. The van der Waals surface area contributed by atoms with Gasteiger partial charge in [-0.25, -0.2) is 0 Å². The summed E-state index contributed by atoms with van der Waals surface area (Å²) in [6.45, 7) is 6.32. The highest BCUT2D eigenvalue weighted by Crippen LogP contribution is 2.23. The quantitative estimate of drug-likeness (QED) is 0.760. The number of halogens is 1. The van der Waals surface area contributed by atoms with Gasteiger partial charge < -0.3 is 0 Å². The van der Waals surface area contributed by atoms with Gasteiger partial charge in [-0.1, -0.05) is 11.6 Å². The molecule has 1 heterocycles. The van der Waals surface area contributed by atoms with Gasteiger partial charge in [0.15, 0.2) is 0 Å². The van der Waals surface area contributed by atoms with Gasteiger partial charge >= 0.3 is 0 Å². The second kappa shape index (κ2) is 4.55. The Labute approximate surface area is 101 Å². The molecule has 0 fully saturated rings. The molecule has 0 amide bonds. The molecule has 0 spiro atoms. The van der Waals surface area contributed by atoms with Crippen LogP contribution in [0.4, 0.5) is 0 Å². The first kappa shape index (κ1) is 13.2. The minimum absolute atomic E-state index is 0.0122. The molecule has 0 unspecified atom stereocenters. The van der Waals surface area contributed by atoms with E-state index in [1.807, 2.05) is 39.8 Å². The number of carbonyl (C=O) groups is 1. The molecule has 0 saturated heterocycles. The maximum Gasteiger partial charge on any atom is 0.201 e. The summed E-state index contributed by atoms with van der Waals surface area (Å²) in [5.74, 6) is -0.0122. The lowest BCUT2D eigenvalue weighted by atomic mass is 9.95. The molecule has 1 aromatic heterocycles. The zero-order valence-corrected chi connectivity index (χ0v) is 11.2. The van der Waals surface area contributed by atoms with Crippen LogP contribution < -0.4 is 0 Å². The highest BCUT2D eigenvalue weighted by Gasteiger charge is 2.34. The second-order valence-electron chi connectivity index (χ2n) is 4.44. The lowest BCUT2D eigenvalue weighted by Gasteiger charge is -2.30. The fraction of sp³-hybridized carbons (Fsp3) is 0.636. The van der Waals surface area contributed by atoms with E-state index in [9.17, 15) is 4.79 Å². The summed E-state index contributed by atoms with van der Waals surface area (Å²) in [4.78, 5) is 14.3. The van der Waals surface area contributed by atoms with E-state index in [2.05, 4.69) is 5.10 Å². The van der Waals surface area contributed by atoms with Gasteiger partial charge in [0, 0.05) is 6.54 Å². The van der Waals surface area contributed by atoms with Crippen LogP contribution in [0.3, 0.4) is 0 Å². The Morgan fingerprint density at radius 3 is 2.56 bits per heavy atom. The van der Waals surface area contributed by atoms with E-state index in [0.717, 1.165) is 0 Å². The van der Waals surface area contributed by atoms with Crippen molar-refractivity contribution in [1.82, 2.24) is 14.7 Å². The van der Waals surface area contributed by atoms with E-state index >= 15 is 0 Å². The maximum absolute atomic E-state index is 12.4. The molecule has 90 valence electrons. The van der Waals surface area contributed by atoms with Crippen molar-refractivity contribution in [3.05, 3.63) is 16.9 Å². The standard InChI is InChI=1S/C11H18ClN3O/c1-6-15-9(8(12)7-13-15)10(16)11(2,3)14(4)5/h7H,6H2,1-5H3. The number of carbonyl (C=O) groups excluding carboxylic acids is 1. The van der Waals surface area contributed by atoms with Crippen LogP contribution in [0.25, 0.3) is 0 Å². The number of nitrogens with zero attached hydrogens (tertiary/aromatic N) is 3. The summed E-state index contributed by atoms with van der Waals surface area (Å²) >= 11 is 6.01. The Kier molecular flexibility index (Phi) is 3.76. The molecule has 16 heavy (non-hydrogen) atoms. The van der Waals surface area contributed by atoms with Crippen LogP contribution in [-0.2, 0) is 6.54 Å². The topological polar surface area (TPSA) is 38.1 Å². The van der Waals surface area contributed by atoms with Crippen molar-refractivity contribution in [1.29, 1.82) is 0 Å². The third-order valence-electron chi connectivity index (χ3n) is 2.98.